The minimum Gasteiger partial charge on any atom is -0.496 e. The van der Waals surface area contributed by atoms with Crippen LogP contribution in [0.2, 0.25) is 0 Å². The molecule has 0 spiro atoms. The van der Waals surface area contributed by atoms with Gasteiger partial charge in [-0.1, -0.05) is 19.1 Å². The normalized spacial score (nSPS) is 12.8. The predicted octanol–water partition coefficient (Wildman–Crippen LogP) is 1.86. The molecule has 1 rings (SSSR count). The molecule has 0 heterocycles. The molecule has 96 valence electrons. The molecule has 3 heteroatoms. The number of hydrogen-bond acceptors (Lipinski definition) is 3. The van der Waals surface area contributed by atoms with Crippen molar-refractivity contribution >= 4 is 0 Å². The van der Waals surface area contributed by atoms with Crippen LogP contribution < -0.4 is 10.5 Å². The molecule has 17 heavy (non-hydrogen) atoms. The van der Waals surface area contributed by atoms with Gasteiger partial charge in [0.25, 0.3) is 0 Å². The quantitative estimate of drug-likeness (QED) is 0.819. The number of nitrogens with two attached hydrogens (primary N) is 1. The summed E-state index contributed by atoms with van der Waals surface area (Å²) in [5.41, 5.74) is 8.29. The molecule has 0 aliphatic carbocycles. The zero-order valence-electron chi connectivity index (χ0n) is 11.4. The van der Waals surface area contributed by atoms with E-state index in [1.807, 2.05) is 6.07 Å². The third kappa shape index (κ3) is 4.02. The Morgan fingerprint density at radius 1 is 1.35 bits per heavy atom. The van der Waals surface area contributed by atoms with Crippen molar-refractivity contribution in [1.82, 2.24) is 4.90 Å². The maximum atomic E-state index is 5.74. The van der Waals surface area contributed by atoms with E-state index in [0.29, 0.717) is 12.5 Å². The number of rotatable bonds is 6. The van der Waals surface area contributed by atoms with Crippen molar-refractivity contribution in [3.63, 3.8) is 0 Å². The summed E-state index contributed by atoms with van der Waals surface area (Å²) in [5.74, 6) is 1.28. The molecule has 0 aromatic heterocycles. The van der Waals surface area contributed by atoms with Gasteiger partial charge in [-0.05, 0) is 50.2 Å². The molecular weight excluding hydrogens is 212 g/mol. The van der Waals surface area contributed by atoms with Crippen LogP contribution in [0.5, 0.6) is 5.75 Å². The molecule has 0 saturated carbocycles. The highest BCUT2D eigenvalue weighted by Gasteiger charge is 2.10. The van der Waals surface area contributed by atoms with Crippen molar-refractivity contribution in [2.24, 2.45) is 5.73 Å². The lowest BCUT2D eigenvalue weighted by Crippen LogP contribution is -2.15. The molecule has 1 unspecified atom stereocenters. The third-order valence-corrected chi connectivity index (χ3v) is 3.03. The van der Waals surface area contributed by atoms with E-state index < -0.39 is 0 Å². The number of methoxy groups -OCH3 is 1. The Hall–Kier alpha value is -1.06. The first-order valence-electron chi connectivity index (χ1n) is 6.10. The van der Waals surface area contributed by atoms with Gasteiger partial charge in [-0.3, -0.25) is 0 Å². The van der Waals surface area contributed by atoms with E-state index in [0.717, 1.165) is 18.7 Å². The summed E-state index contributed by atoms with van der Waals surface area (Å²) in [6, 6.07) is 6.40. The smallest absolute Gasteiger partial charge is 0.122 e. The summed E-state index contributed by atoms with van der Waals surface area (Å²) >= 11 is 0. The average Bonchev–Trinajstić information content (AvgIpc) is 2.34. The van der Waals surface area contributed by atoms with Gasteiger partial charge in [0.2, 0.25) is 0 Å². The molecule has 0 bridgehead atoms. The number of benzene rings is 1. The minimum absolute atomic E-state index is 0.337. The van der Waals surface area contributed by atoms with E-state index in [1.165, 1.54) is 11.1 Å². The van der Waals surface area contributed by atoms with Crippen molar-refractivity contribution in [1.29, 1.82) is 0 Å². The van der Waals surface area contributed by atoms with Crippen molar-refractivity contribution in [2.75, 3.05) is 34.3 Å². The topological polar surface area (TPSA) is 38.5 Å². The molecule has 2 N–H and O–H groups in total. The molecule has 0 aliphatic heterocycles. The van der Waals surface area contributed by atoms with E-state index in [-0.39, 0.29) is 0 Å². The second kappa shape index (κ2) is 6.62. The Kier molecular flexibility index (Phi) is 5.45. The summed E-state index contributed by atoms with van der Waals surface area (Å²) in [4.78, 5) is 2.19. The molecule has 1 aromatic rings. The van der Waals surface area contributed by atoms with Gasteiger partial charge >= 0.3 is 0 Å². The van der Waals surface area contributed by atoms with Crippen LogP contribution in [0.4, 0.5) is 0 Å². The van der Waals surface area contributed by atoms with Gasteiger partial charge in [0, 0.05) is 6.54 Å². The standard InChI is InChI=1S/C14H24N2O/c1-11(10-15)13-9-12(7-8-16(2)3)5-6-14(13)17-4/h5-6,9,11H,7-8,10,15H2,1-4H3. The van der Waals surface area contributed by atoms with Crippen molar-refractivity contribution in [2.45, 2.75) is 19.3 Å². The number of likely N-dealkylation sites (N-methyl/N-ethyl adjacent to an activating group) is 1. The van der Waals surface area contributed by atoms with Crippen LogP contribution in [0.1, 0.15) is 24.0 Å². The van der Waals surface area contributed by atoms with Crippen LogP contribution >= 0.6 is 0 Å². The molecule has 0 radical (unpaired) electrons. The molecule has 1 aromatic carbocycles. The molecule has 0 fully saturated rings. The molecule has 3 nitrogen and oxygen atoms in total. The van der Waals surface area contributed by atoms with Crippen molar-refractivity contribution in [3.05, 3.63) is 29.3 Å². The van der Waals surface area contributed by atoms with Gasteiger partial charge in [0.05, 0.1) is 7.11 Å². The summed E-state index contributed by atoms with van der Waals surface area (Å²) in [5, 5.41) is 0. The molecule has 1 atom stereocenters. The fourth-order valence-electron chi connectivity index (χ4n) is 1.80. The van der Waals surface area contributed by atoms with Crippen LogP contribution in [0, 0.1) is 0 Å². The lowest BCUT2D eigenvalue weighted by Gasteiger charge is -2.16. The first-order chi connectivity index (χ1) is 8.08. The Labute approximate surface area is 105 Å². The second-order valence-corrected chi connectivity index (χ2v) is 4.77. The Balaban J connectivity index is 2.88. The fraction of sp³-hybridized carbons (Fsp3) is 0.571. The highest BCUT2D eigenvalue weighted by atomic mass is 16.5. The van der Waals surface area contributed by atoms with Crippen LogP contribution in [0.25, 0.3) is 0 Å². The van der Waals surface area contributed by atoms with Crippen LogP contribution in [0.15, 0.2) is 18.2 Å². The number of ether oxygens (including phenoxy) is 1. The van der Waals surface area contributed by atoms with Gasteiger partial charge in [-0.2, -0.15) is 0 Å². The van der Waals surface area contributed by atoms with Crippen LogP contribution in [-0.2, 0) is 6.42 Å². The monoisotopic (exact) mass is 236 g/mol. The molecule has 0 aliphatic rings. The summed E-state index contributed by atoms with van der Waals surface area (Å²) < 4.78 is 5.38. The number of hydrogen-bond donors (Lipinski definition) is 1. The van der Waals surface area contributed by atoms with Gasteiger partial charge in [-0.15, -0.1) is 0 Å². The highest BCUT2D eigenvalue weighted by Crippen LogP contribution is 2.27. The third-order valence-electron chi connectivity index (χ3n) is 3.03. The summed E-state index contributed by atoms with van der Waals surface area (Å²) in [6.07, 6.45) is 1.06. The predicted molar refractivity (Wildman–Crippen MR) is 72.7 cm³/mol. The lowest BCUT2D eigenvalue weighted by atomic mass is 9.97. The highest BCUT2D eigenvalue weighted by molar-refractivity contribution is 5.39. The zero-order valence-corrected chi connectivity index (χ0v) is 11.4. The van der Waals surface area contributed by atoms with E-state index in [4.69, 9.17) is 10.5 Å². The van der Waals surface area contributed by atoms with E-state index in [2.05, 4.69) is 38.1 Å². The minimum atomic E-state index is 0.337. The number of nitrogens with zero attached hydrogens (tertiary/aromatic N) is 1. The lowest BCUT2D eigenvalue weighted by molar-refractivity contribution is 0.404. The average molecular weight is 236 g/mol. The Morgan fingerprint density at radius 2 is 2.06 bits per heavy atom. The van der Waals surface area contributed by atoms with E-state index in [9.17, 15) is 0 Å². The second-order valence-electron chi connectivity index (χ2n) is 4.77. The van der Waals surface area contributed by atoms with Gasteiger partial charge in [-0.25, -0.2) is 0 Å². The van der Waals surface area contributed by atoms with Crippen molar-refractivity contribution in [3.8, 4) is 5.75 Å². The maximum absolute atomic E-state index is 5.74. The van der Waals surface area contributed by atoms with Crippen LogP contribution in [0.3, 0.4) is 0 Å². The first kappa shape index (κ1) is 14.0. The summed E-state index contributed by atoms with van der Waals surface area (Å²) in [6.45, 7) is 3.84. The summed E-state index contributed by atoms with van der Waals surface area (Å²) in [7, 11) is 5.89. The molecule has 0 amide bonds. The van der Waals surface area contributed by atoms with Gasteiger partial charge in [0.1, 0.15) is 5.75 Å². The van der Waals surface area contributed by atoms with E-state index in [1.54, 1.807) is 7.11 Å². The van der Waals surface area contributed by atoms with Gasteiger partial charge in [0.15, 0.2) is 0 Å². The zero-order chi connectivity index (χ0) is 12.8. The maximum Gasteiger partial charge on any atom is 0.122 e. The molecular formula is C14H24N2O. The first-order valence-corrected chi connectivity index (χ1v) is 6.10. The Bertz CT molecular complexity index is 350. The van der Waals surface area contributed by atoms with Crippen LogP contribution in [-0.4, -0.2) is 39.2 Å². The van der Waals surface area contributed by atoms with Crippen molar-refractivity contribution < 1.29 is 4.74 Å². The Morgan fingerprint density at radius 3 is 2.59 bits per heavy atom. The SMILES string of the molecule is COc1ccc(CCN(C)C)cc1C(C)CN. The fourth-order valence-corrected chi connectivity index (χ4v) is 1.80. The molecule has 0 saturated heterocycles. The van der Waals surface area contributed by atoms with E-state index >= 15 is 0 Å². The largest absolute Gasteiger partial charge is 0.496 e. The van der Waals surface area contributed by atoms with Gasteiger partial charge < -0.3 is 15.4 Å².